The Morgan fingerprint density at radius 1 is 1.17 bits per heavy atom. The molecule has 6 nitrogen and oxygen atoms in total. The first-order valence-electron chi connectivity index (χ1n) is 12.2. The van der Waals surface area contributed by atoms with Gasteiger partial charge in [-0.2, -0.15) is 4.98 Å². The first-order valence-corrected chi connectivity index (χ1v) is 12.6. The van der Waals surface area contributed by atoms with Crippen molar-refractivity contribution in [2.24, 2.45) is 17.3 Å². The first kappa shape index (κ1) is 25.2. The number of halogens is 1. The fraction of sp³-hybridized carbons (Fsp3) is 0.464. The van der Waals surface area contributed by atoms with Gasteiger partial charge in [-0.05, 0) is 87.3 Å². The van der Waals surface area contributed by atoms with E-state index in [1.54, 1.807) is 6.07 Å². The molecule has 2 atom stereocenters. The molecule has 1 aliphatic rings. The van der Waals surface area contributed by atoms with E-state index in [1.807, 2.05) is 45.0 Å². The van der Waals surface area contributed by atoms with E-state index in [-0.39, 0.29) is 23.4 Å². The Balaban J connectivity index is 1.42. The smallest absolute Gasteiger partial charge is 0.309 e. The highest BCUT2D eigenvalue weighted by Gasteiger charge is 2.45. The van der Waals surface area contributed by atoms with Crippen LogP contribution in [0.1, 0.15) is 53.0 Å². The van der Waals surface area contributed by atoms with Crippen LogP contribution in [-0.4, -0.2) is 28.8 Å². The van der Waals surface area contributed by atoms with Crippen molar-refractivity contribution in [3.8, 4) is 28.6 Å². The number of rotatable bonds is 8. The van der Waals surface area contributed by atoms with E-state index in [9.17, 15) is 4.79 Å². The lowest BCUT2D eigenvalue weighted by atomic mass is 9.82. The van der Waals surface area contributed by atoms with E-state index < -0.39 is 0 Å². The lowest BCUT2D eigenvalue weighted by molar-refractivity contribution is -0.151. The Bertz CT molecular complexity index is 1170. The van der Waals surface area contributed by atoms with Gasteiger partial charge in [0.25, 0.3) is 5.89 Å². The number of aromatic nitrogens is 2. The predicted octanol–water partition coefficient (Wildman–Crippen LogP) is 7.00. The SMILES string of the molecule is CCOC(=O)C1CC(Cc2ccc(-c3nc(-c4ccc(OC(C)C)c(Cl)c4)no3)cc2)CC1(C)C. The summed E-state index contributed by atoms with van der Waals surface area (Å²) in [6.45, 7) is 10.5. The predicted molar refractivity (Wildman–Crippen MR) is 136 cm³/mol. The van der Waals surface area contributed by atoms with Crippen LogP contribution in [0.2, 0.25) is 5.02 Å². The van der Waals surface area contributed by atoms with Gasteiger partial charge >= 0.3 is 5.97 Å². The Labute approximate surface area is 212 Å². The zero-order valence-electron chi connectivity index (χ0n) is 21.0. The topological polar surface area (TPSA) is 74.5 Å². The molecule has 3 aromatic rings. The van der Waals surface area contributed by atoms with E-state index in [0.29, 0.717) is 35.0 Å². The molecule has 1 aliphatic carbocycles. The van der Waals surface area contributed by atoms with Gasteiger partial charge in [0.15, 0.2) is 0 Å². The van der Waals surface area contributed by atoms with Crippen LogP contribution in [0.3, 0.4) is 0 Å². The summed E-state index contributed by atoms with van der Waals surface area (Å²) in [5, 5.41) is 4.63. The van der Waals surface area contributed by atoms with Crippen molar-refractivity contribution in [1.82, 2.24) is 10.1 Å². The van der Waals surface area contributed by atoms with Crippen molar-refractivity contribution >= 4 is 17.6 Å². The largest absolute Gasteiger partial charge is 0.489 e. The zero-order valence-corrected chi connectivity index (χ0v) is 21.8. The van der Waals surface area contributed by atoms with Gasteiger partial charge in [-0.15, -0.1) is 0 Å². The molecular weight excluding hydrogens is 464 g/mol. The maximum Gasteiger partial charge on any atom is 0.309 e. The maximum atomic E-state index is 12.4. The molecule has 0 spiro atoms. The highest BCUT2D eigenvalue weighted by Crippen LogP contribution is 2.47. The molecular formula is C28H33ClN2O4. The van der Waals surface area contributed by atoms with E-state index >= 15 is 0 Å². The van der Waals surface area contributed by atoms with Crippen LogP contribution in [0, 0.1) is 17.3 Å². The number of carbonyl (C=O) groups is 1. The van der Waals surface area contributed by atoms with Gasteiger partial charge in [-0.1, -0.05) is 42.7 Å². The standard InChI is InChI=1S/C28H33ClN2O4/c1-6-33-27(32)22-14-19(16-28(22,4)5)13-18-7-9-20(10-8-18)26-30-25(31-35-26)21-11-12-24(23(29)15-21)34-17(2)3/h7-12,15,17,19,22H,6,13-14,16H2,1-5H3. The molecule has 1 aromatic heterocycles. The van der Waals surface area contributed by atoms with Crippen molar-refractivity contribution in [3.63, 3.8) is 0 Å². The second-order valence-corrected chi connectivity index (χ2v) is 10.6. The molecule has 7 heteroatoms. The van der Waals surface area contributed by atoms with Crippen LogP contribution in [0.25, 0.3) is 22.8 Å². The van der Waals surface area contributed by atoms with Crippen LogP contribution in [0.15, 0.2) is 47.0 Å². The summed E-state index contributed by atoms with van der Waals surface area (Å²) in [6, 6.07) is 13.7. The molecule has 4 rings (SSSR count). The molecule has 2 aromatic carbocycles. The van der Waals surface area contributed by atoms with Gasteiger partial charge < -0.3 is 14.0 Å². The molecule has 0 N–H and O–H groups in total. The number of esters is 1. The lowest BCUT2D eigenvalue weighted by Crippen LogP contribution is -2.27. The monoisotopic (exact) mass is 496 g/mol. The molecule has 186 valence electrons. The number of carbonyl (C=O) groups excluding carboxylic acids is 1. The van der Waals surface area contributed by atoms with E-state index in [2.05, 4.69) is 36.1 Å². The Morgan fingerprint density at radius 2 is 1.89 bits per heavy atom. The van der Waals surface area contributed by atoms with Gasteiger partial charge in [0, 0.05) is 11.1 Å². The Kier molecular flexibility index (Phi) is 7.50. The number of ether oxygens (including phenoxy) is 2. The van der Waals surface area contributed by atoms with Crippen LogP contribution in [0.4, 0.5) is 0 Å². The minimum atomic E-state index is -0.0640. The molecule has 1 saturated carbocycles. The van der Waals surface area contributed by atoms with Crippen molar-refractivity contribution < 1.29 is 18.8 Å². The summed E-state index contributed by atoms with van der Waals surface area (Å²) in [5.41, 5.74) is 2.80. The second kappa shape index (κ2) is 10.4. The van der Waals surface area contributed by atoms with Gasteiger partial charge in [0.05, 0.1) is 23.7 Å². The number of hydrogen-bond donors (Lipinski definition) is 0. The lowest BCUT2D eigenvalue weighted by Gasteiger charge is -2.24. The van der Waals surface area contributed by atoms with Crippen molar-refractivity contribution in [3.05, 3.63) is 53.1 Å². The molecule has 0 aliphatic heterocycles. The number of hydrogen-bond acceptors (Lipinski definition) is 6. The van der Waals surface area contributed by atoms with Crippen LogP contribution in [-0.2, 0) is 16.0 Å². The zero-order chi connectivity index (χ0) is 25.2. The average molecular weight is 497 g/mol. The Morgan fingerprint density at radius 3 is 2.54 bits per heavy atom. The van der Waals surface area contributed by atoms with Gasteiger partial charge in [0.1, 0.15) is 5.75 Å². The molecule has 1 heterocycles. The maximum absolute atomic E-state index is 12.4. The second-order valence-electron chi connectivity index (χ2n) is 10.2. The quantitative estimate of drug-likeness (QED) is 0.312. The van der Waals surface area contributed by atoms with Crippen molar-refractivity contribution in [2.45, 2.75) is 60.0 Å². The molecule has 2 unspecified atom stereocenters. The van der Waals surface area contributed by atoms with Gasteiger partial charge in [-0.25, -0.2) is 0 Å². The normalized spacial score (nSPS) is 19.2. The van der Waals surface area contributed by atoms with Crippen LogP contribution >= 0.6 is 11.6 Å². The number of benzene rings is 2. The third-order valence-corrected chi connectivity index (χ3v) is 6.90. The summed E-state index contributed by atoms with van der Waals surface area (Å²) < 4.78 is 16.5. The summed E-state index contributed by atoms with van der Waals surface area (Å²) in [4.78, 5) is 16.9. The van der Waals surface area contributed by atoms with Crippen LogP contribution < -0.4 is 4.74 Å². The highest BCUT2D eigenvalue weighted by molar-refractivity contribution is 6.32. The Hall–Kier alpha value is -2.86. The molecule has 0 saturated heterocycles. The number of nitrogens with zero attached hydrogens (tertiary/aromatic N) is 2. The summed E-state index contributed by atoms with van der Waals surface area (Å²) in [6.07, 6.45) is 2.84. The minimum Gasteiger partial charge on any atom is -0.489 e. The van der Waals surface area contributed by atoms with Crippen molar-refractivity contribution in [1.29, 1.82) is 0 Å². The highest BCUT2D eigenvalue weighted by atomic mass is 35.5. The fourth-order valence-corrected chi connectivity index (χ4v) is 5.22. The summed E-state index contributed by atoms with van der Waals surface area (Å²) >= 11 is 6.36. The van der Waals surface area contributed by atoms with E-state index in [4.69, 9.17) is 25.6 Å². The van der Waals surface area contributed by atoms with Gasteiger partial charge in [0.2, 0.25) is 5.82 Å². The molecule has 35 heavy (non-hydrogen) atoms. The van der Waals surface area contributed by atoms with E-state index in [0.717, 1.165) is 30.4 Å². The summed E-state index contributed by atoms with van der Waals surface area (Å²) in [7, 11) is 0. The van der Waals surface area contributed by atoms with Crippen LogP contribution in [0.5, 0.6) is 5.75 Å². The fourth-order valence-electron chi connectivity index (χ4n) is 5.00. The molecule has 0 amide bonds. The molecule has 0 radical (unpaired) electrons. The summed E-state index contributed by atoms with van der Waals surface area (Å²) in [5.74, 6) is 1.90. The molecule has 1 fully saturated rings. The third kappa shape index (κ3) is 5.87. The average Bonchev–Trinajstić information content (AvgIpc) is 3.40. The van der Waals surface area contributed by atoms with E-state index in [1.165, 1.54) is 5.56 Å². The third-order valence-electron chi connectivity index (χ3n) is 6.60. The first-order chi connectivity index (χ1) is 16.7. The molecule has 0 bridgehead atoms. The van der Waals surface area contributed by atoms with Crippen molar-refractivity contribution in [2.75, 3.05) is 6.61 Å². The minimum absolute atomic E-state index is 0.0388. The van der Waals surface area contributed by atoms with Gasteiger partial charge in [-0.3, -0.25) is 4.79 Å².